The molecule has 134 valence electrons. The van der Waals surface area contributed by atoms with E-state index in [1.807, 2.05) is 0 Å². The molecule has 1 aromatic heterocycles. The molecule has 2 rings (SSSR count). The highest BCUT2D eigenvalue weighted by atomic mass is 35.5. The molecule has 1 amide bonds. The van der Waals surface area contributed by atoms with E-state index in [0.29, 0.717) is 5.82 Å². The summed E-state index contributed by atoms with van der Waals surface area (Å²) in [6.45, 7) is 2.79. The molecule has 0 aliphatic heterocycles. The number of hydrogen-bond acceptors (Lipinski definition) is 4. The molecule has 0 aliphatic rings. The summed E-state index contributed by atoms with van der Waals surface area (Å²) in [5.41, 5.74) is -1.09. The maximum atomic E-state index is 12.7. The van der Waals surface area contributed by atoms with Crippen molar-refractivity contribution in [1.82, 2.24) is 10.2 Å². The van der Waals surface area contributed by atoms with E-state index in [0.717, 1.165) is 37.6 Å². The van der Waals surface area contributed by atoms with Crippen LogP contribution in [0.2, 0.25) is 5.02 Å². The van der Waals surface area contributed by atoms with Gasteiger partial charge in [0, 0.05) is 6.54 Å². The molecular formula is C16H16ClF3N4O. The number of alkyl halides is 3. The van der Waals surface area contributed by atoms with Gasteiger partial charge in [-0.2, -0.15) is 13.2 Å². The Hall–Kier alpha value is -2.35. The fraction of sp³-hybridized carbons (Fsp3) is 0.312. The topological polar surface area (TPSA) is 66.9 Å². The van der Waals surface area contributed by atoms with Gasteiger partial charge in [0.15, 0.2) is 5.69 Å². The summed E-state index contributed by atoms with van der Waals surface area (Å²) >= 11 is 5.85. The van der Waals surface area contributed by atoms with Gasteiger partial charge in [0.25, 0.3) is 5.91 Å². The maximum absolute atomic E-state index is 12.7. The minimum Gasteiger partial charge on any atom is -0.369 e. The minimum absolute atomic E-state index is 0.00726. The molecule has 0 unspecified atom stereocenters. The van der Waals surface area contributed by atoms with Crippen LogP contribution < -0.4 is 10.6 Å². The second-order valence-corrected chi connectivity index (χ2v) is 5.64. The van der Waals surface area contributed by atoms with Crippen molar-refractivity contribution in [2.45, 2.75) is 25.9 Å². The van der Waals surface area contributed by atoms with Crippen LogP contribution in [0.3, 0.4) is 0 Å². The zero-order valence-electron chi connectivity index (χ0n) is 13.3. The molecule has 25 heavy (non-hydrogen) atoms. The highest BCUT2D eigenvalue weighted by molar-refractivity contribution is 6.33. The summed E-state index contributed by atoms with van der Waals surface area (Å²) in [6.07, 6.45) is -2.54. The van der Waals surface area contributed by atoms with E-state index in [-0.39, 0.29) is 16.4 Å². The largest absolute Gasteiger partial charge is 0.416 e. The Labute approximate surface area is 147 Å². The molecule has 1 aromatic carbocycles. The average molecular weight is 373 g/mol. The Morgan fingerprint density at radius 1 is 1.20 bits per heavy atom. The molecule has 0 saturated heterocycles. The van der Waals surface area contributed by atoms with Crippen molar-refractivity contribution in [2.24, 2.45) is 0 Å². The van der Waals surface area contributed by atoms with Gasteiger partial charge < -0.3 is 10.6 Å². The summed E-state index contributed by atoms with van der Waals surface area (Å²) < 4.78 is 38.2. The number of nitrogens with one attached hydrogen (secondary N) is 2. The highest BCUT2D eigenvalue weighted by Gasteiger charge is 2.31. The average Bonchev–Trinajstić information content (AvgIpc) is 2.56. The Kier molecular flexibility index (Phi) is 6.19. The van der Waals surface area contributed by atoms with E-state index in [2.05, 4.69) is 27.8 Å². The number of carbonyl (C=O) groups excluding carboxylic acids is 1. The first-order valence-electron chi connectivity index (χ1n) is 7.57. The first-order valence-corrected chi connectivity index (χ1v) is 7.94. The summed E-state index contributed by atoms with van der Waals surface area (Å²) in [4.78, 5) is 12.1. The van der Waals surface area contributed by atoms with Gasteiger partial charge in [-0.3, -0.25) is 4.79 Å². The lowest BCUT2D eigenvalue weighted by atomic mass is 10.2. The van der Waals surface area contributed by atoms with Gasteiger partial charge in [-0.25, -0.2) is 0 Å². The smallest absolute Gasteiger partial charge is 0.369 e. The molecule has 9 heteroatoms. The van der Waals surface area contributed by atoms with Gasteiger partial charge in [-0.1, -0.05) is 24.9 Å². The molecule has 0 aliphatic carbocycles. The van der Waals surface area contributed by atoms with Gasteiger partial charge in [0.1, 0.15) is 5.82 Å². The van der Waals surface area contributed by atoms with Gasteiger partial charge >= 0.3 is 6.18 Å². The number of carbonyl (C=O) groups is 1. The van der Waals surface area contributed by atoms with Gasteiger partial charge in [0.2, 0.25) is 0 Å². The van der Waals surface area contributed by atoms with Crippen LogP contribution >= 0.6 is 11.6 Å². The van der Waals surface area contributed by atoms with E-state index in [9.17, 15) is 18.0 Å². The Morgan fingerprint density at radius 3 is 2.56 bits per heavy atom. The summed E-state index contributed by atoms with van der Waals surface area (Å²) in [5, 5.41) is 13.0. The van der Waals surface area contributed by atoms with Crippen LogP contribution in [0.1, 0.15) is 35.8 Å². The predicted octanol–water partition coefficient (Wildman–Crippen LogP) is 4.61. The van der Waals surface area contributed by atoms with E-state index in [1.54, 1.807) is 6.07 Å². The monoisotopic (exact) mass is 372 g/mol. The van der Waals surface area contributed by atoms with Crippen LogP contribution in [0.15, 0.2) is 30.3 Å². The van der Waals surface area contributed by atoms with Crippen LogP contribution in [0.4, 0.5) is 24.7 Å². The van der Waals surface area contributed by atoms with Crippen molar-refractivity contribution in [3.05, 3.63) is 46.6 Å². The minimum atomic E-state index is -4.53. The molecule has 0 bridgehead atoms. The normalized spacial score (nSPS) is 11.2. The number of nitrogens with zero attached hydrogens (tertiary/aromatic N) is 2. The third-order valence-electron chi connectivity index (χ3n) is 3.28. The zero-order chi connectivity index (χ0) is 18.4. The highest BCUT2D eigenvalue weighted by Crippen LogP contribution is 2.33. The van der Waals surface area contributed by atoms with E-state index in [4.69, 9.17) is 11.6 Å². The van der Waals surface area contributed by atoms with Crippen LogP contribution in [0, 0.1) is 0 Å². The van der Waals surface area contributed by atoms with Crippen molar-refractivity contribution in [2.75, 3.05) is 17.2 Å². The summed E-state index contributed by atoms with van der Waals surface area (Å²) in [7, 11) is 0. The van der Waals surface area contributed by atoms with Crippen LogP contribution in [0.25, 0.3) is 0 Å². The van der Waals surface area contributed by atoms with Crippen LogP contribution in [-0.4, -0.2) is 22.6 Å². The van der Waals surface area contributed by atoms with Crippen LogP contribution in [-0.2, 0) is 6.18 Å². The fourth-order valence-electron chi connectivity index (χ4n) is 1.92. The van der Waals surface area contributed by atoms with Crippen molar-refractivity contribution < 1.29 is 18.0 Å². The molecule has 0 spiro atoms. The summed E-state index contributed by atoms with van der Waals surface area (Å²) in [6, 6.07) is 5.69. The fourth-order valence-corrected chi connectivity index (χ4v) is 2.09. The SMILES string of the molecule is CCCCNc1ccc(C(=O)Nc2cc(C(F)(F)F)ccc2Cl)nn1. The van der Waals surface area contributed by atoms with Crippen molar-refractivity contribution in [1.29, 1.82) is 0 Å². The molecule has 0 atom stereocenters. The number of benzene rings is 1. The first kappa shape index (κ1) is 19.0. The third-order valence-corrected chi connectivity index (χ3v) is 3.61. The second kappa shape index (κ2) is 8.15. The van der Waals surface area contributed by atoms with Crippen molar-refractivity contribution in [3.8, 4) is 0 Å². The number of hydrogen-bond donors (Lipinski definition) is 2. The molecular weight excluding hydrogens is 357 g/mol. The van der Waals surface area contributed by atoms with E-state index < -0.39 is 17.6 Å². The number of rotatable bonds is 6. The molecule has 0 saturated carbocycles. The van der Waals surface area contributed by atoms with Gasteiger partial charge in [-0.05, 0) is 36.8 Å². The molecule has 5 nitrogen and oxygen atoms in total. The second-order valence-electron chi connectivity index (χ2n) is 5.23. The zero-order valence-corrected chi connectivity index (χ0v) is 14.1. The van der Waals surface area contributed by atoms with Gasteiger partial charge in [0.05, 0.1) is 16.3 Å². The number of aromatic nitrogens is 2. The lowest BCUT2D eigenvalue weighted by Gasteiger charge is -2.11. The molecule has 0 fully saturated rings. The Balaban J connectivity index is 2.09. The third kappa shape index (κ3) is 5.32. The quantitative estimate of drug-likeness (QED) is 0.726. The molecule has 2 aromatic rings. The summed E-state index contributed by atoms with van der Waals surface area (Å²) in [5.74, 6) is -0.184. The van der Waals surface area contributed by atoms with E-state index >= 15 is 0 Å². The van der Waals surface area contributed by atoms with Crippen molar-refractivity contribution in [3.63, 3.8) is 0 Å². The van der Waals surface area contributed by atoms with Crippen LogP contribution in [0.5, 0.6) is 0 Å². The lowest BCUT2D eigenvalue weighted by Crippen LogP contribution is -2.16. The lowest BCUT2D eigenvalue weighted by molar-refractivity contribution is -0.137. The van der Waals surface area contributed by atoms with Crippen molar-refractivity contribution >= 4 is 29.0 Å². The first-order chi connectivity index (χ1) is 11.8. The standard InChI is InChI=1S/C16H16ClF3N4O/c1-2-3-8-21-14-7-6-12(23-24-14)15(25)22-13-9-10(16(18,19)20)4-5-11(13)17/h4-7,9H,2-3,8H2,1H3,(H,21,24)(H,22,25). The molecule has 2 N–H and O–H groups in total. The number of unbranched alkanes of at least 4 members (excludes halogenated alkanes) is 1. The molecule has 0 radical (unpaired) electrons. The number of anilines is 2. The number of halogens is 4. The van der Waals surface area contributed by atoms with E-state index in [1.165, 1.54) is 6.07 Å². The maximum Gasteiger partial charge on any atom is 0.416 e. The number of amides is 1. The Morgan fingerprint density at radius 2 is 1.96 bits per heavy atom. The Bertz CT molecular complexity index is 735. The predicted molar refractivity (Wildman–Crippen MR) is 89.8 cm³/mol. The van der Waals surface area contributed by atoms with Gasteiger partial charge in [-0.15, -0.1) is 10.2 Å². The molecule has 1 heterocycles.